The zero-order valence-electron chi connectivity index (χ0n) is 5.22. The molecule has 48 valence electrons. The highest BCUT2D eigenvalue weighted by Gasteiger charge is 2.18. The van der Waals surface area contributed by atoms with Gasteiger partial charge in [-0.3, -0.25) is 0 Å². The number of hydrogen-bond acceptors (Lipinski definition) is 2. The van der Waals surface area contributed by atoms with Gasteiger partial charge in [-0.2, -0.15) is 0 Å². The highest BCUT2D eigenvalue weighted by Crippen LogP contribution is 2.10. The summed E-state index contributed by atoms with van der Waals surface area (Å²) in [4.78, 5) is 0. The monoisotopic (exact) mass is 115 g/mol. The molecule has 2 atom stereocenters. The molecule has 2 N–H and O–H groups in total. The fourth-order valence-electron chi connectivity index (χ4n) is 1.09. The van der Waals surface area contributed by atoms with E-state index in [-0.39, 0.29) is 6.10 Å². The van der Waals surface area contributed by atoms with Gasteiger partial charge in [0, 0.05) is 6.54 Å². The lowest BCUT2D eigenvalue weighted by Crippen LogP contribution is -2.19. The van der Waals surface area contributed by atoms with E-state index in [9.17, 15) is 0 Å². The predicted molar refractivity (Wildman–Crippen MR) is 32.7 cm³/mol. The third kappa shape index (κ3) is 1.20. The molecule has 1 saturated heterocycles. The number of hydrogen-bond donors (Lipinski definition) is 2. The summed E-state index contributed by atoms with van der Waals surface area (Å²) < 4.78 is 0. The molecule has 0 saturated carbocycles. The van der Waals surface area contributed by atoms with Crippen LogP contribution >= 0.6 is 0 Å². The van der Waals surface area contributed by atoms with Crippen molar-refractivity contribution in [1.82, 2.24) is 5.32 Å². The predicted octanol–water partition coefficient (Wildman–Crippen LogP) is -0.0233. The van der Waals surface area contributed by atoms with E-state index in [1.54, 1.807) is 0 Å². The largest absolute Gasteiger partial charge is 0.393 e. The quantitative estimate of drug-likeness (QED) is 0.503. The molecule has 1 aliphatic rings. The highest BCUT2D eigenvalue weighted by atomic mass is 16.3. The van der Waals surface area contributed by atoms with Crippen molar-refractivity contribution in [1.29, 1.82) is 0 Å². The van der Waals surface area contributed by atoms with Gasteiger partial charge in [-0.25, -0.2) is 0 Å². The molecule has 2 nitrogen and oxygen atoms in total. The molecular weight excluding hydrogens is 102 g/mol. The van der Waals surface area contributed by atoms with Crippen molar-refractivity contribution in [3.63, 3.8) is 0 Å². The van der Waals surface area contributed by atoms with E-state index in [4.69, 9.17) is 5.11 Å². The van der Waals surface area contributed by atoms with E-state index < -0.39 is 0 Å². The lowest BCUT2D eigenvalue weighted by Gasteiger charge is -2.09. The van der Waals surface area contributed by atoms with Crippen molar-refractivity contribution >= 4 is 0 Å². The van der Waals surface area contributed by atoms with Crippen LogP contribution in [-0.2, 0) is 0 Å². The molecule has 0 spiro atoms. The first-order chi connectivity index (χ1) is 3.80. The lowest BCUT2D eigenvalue weighted by atomic mass is 10.0. The van der Waals surface area contributed by atoms with Crippen molar-refractivity contribution in [3.8, 4) is 0 Å². The molecule has 0 aromatic heterocycles. The van der Waals surface area contributed by atoms with Crippen LogP contribution in [0.15, 0.2) is 0 Å². The second-order valence-electron chi connectivity index (χ2n) is 2.49. The molecular formula is C6H13NO. The fraction of sp³-hybridized carbons (Fsp3) is 1.00. The highest BCUT2D eigenvalue weighted by molar-refractivity contribution is 4.74. The van der Waals surface area contributed by atoms with E-state index in [1.165, 1.54) is 0 Å². The average Bonchev–Trinajstić information content (AvgIpc) is 2.12. The van der Waals surface area contributed by atoms with Crippen LogP contribution in [0, 0.1) is 5.92 Å². The van der Waals surface area contributed by atoms with Gasteiger partial charge in [0.25, 0.3) is 0 Å². The molecule has 1 rings (SSSR count). The molecule has 1 fully saturated rings. The van der Waals surface area contributed by atoms with E-state index in [2.05, 4.69) is 5.32 Å². The van der Waals surface area contributed by atoms with E-state index >= 15 is 0 Å². The Bertz CT molecular complexity index is 66.9. The summed E-state index contributed by atoms with van der Waals surface area (Å²) in [5.74, 6) is 0.509. The van der Waals surface area contributed by atoms with Crippen molar-refractivity contribution in [3.05, 3.63) is 0 Å². The zero-order valence-corrected chi connectivity index (χ0v) is 5.22. The lowest BCUT2D eigenvalue weighted by molar-refractivity contribution is 0.136. The number of aliphatic hydroxyl groups excluding tert-OH is 1. The maximum Gasteiger partial charge on any atom is 0.0552 e. The zero-order chi connectivity index (χ0) is 5.98. The fourth-order valence-corrected chi connectivity index (χ4v) is 1.09. The molecule has 8 heavy (non-hydrogen) atoms. The van der Waals surface area contributed by atoms with Gasteiger partial charge in [0.1, 0.15) is 0 Å². The van der Waals surface area contributed by atoms with Crippen LogP contribution in [-0.4, -0.2) is 24.3 Å². The molecule has 1 aliphatic heterocycles. The SMILES string of the molecule is C[C@@H](O)[C@H]1CCNC1. The second kappa shape index (κ2) is 2.46. The Kier molecular flexibility index (Phi) is 1.86. The van der Waals surface area contributed by atoms with E-state index in [1.807, 2.05) is 6.92 Å². The summed E-state index contributed by atoms with van der Waals surface area (Å²) in [5, 5.41) is 12.2. The van der Waals surface area contributed by atoms with Gasteiger partial charge in [0.15, 0.2) is 0 Å². The minimum Gasteiger partial charge on any atom is -0.393 e. The maximum atomic E-state index is 9.01. The standard InChI is InChI=1S/C6H13NO/c1-5(8)6-2-3-7-4-6/h5-8H,2-4H2,1H3/t5-,6+/m1/s1. The summed E-state index contributed by atoms with van der Waals surface area (Å²) in [6, 6.07) is 0. The van der Waals surface area contributed by atoms with Crippen molar-refractivity contribution in [2.45, 2.75) is 19.4 Å². The molecule has 1 heterocycles. The van der Waals surface area contributed by atoms with Gasteiger partial charge in [-0.15, -0.1) is 0 Å². The average molecular weight is 115 g/mol. The molecule has 2 heteroatoms. The Hall–Kier alpha value is -0.0800. The van der Waals surface area contributed by atoms with Crippen LogP contribution in [0.4, 0.5) is 0 Å². The normalized spacial score (nSPS) is 33.0. The third-order valence-electron chi connectivity index (χ3n) is 1.78. The van der Waals surface area contributed by atoms with Gasteiger partial charge in [-0.1, -0.05) is 0 Å². The summed E-state index contributed by atoms with van der Waals surface area (Å²) in [7, 11) is 0. The molecule has 0 amide bonds. The third-order valence-corrected chi connectivity index (χ3v) is 1.78. The second-order valence-corrected chi connectivity index (χ2v) is 2.49. The Labute approximate surface area is 49.9 Å². The number of rotatable bonds is 1. The molecule has 0 aliphatic carbocycles. The summed E-state index contributed by atoms with van der Waals surface area (Å²) in [6.45, 7) is 3.94. The Balaban J connectivity index is 2.24. The van der Waals surface area contributed by atoms with Gasteiger partial charge in [0.05, 0.1) is 6.10 Å². The molecule has 0 aromatic rings. The van der Waals surface area contributed by atoms with E-state index in [0.29, 0.717) is 5.92 Å². The van der Waals surface area contributed by atoms with Gasteiger partial charge in [0.2, 0.25) is 0 Å². The first-order valence-corrected chi connectivity index (χ1v) is 3.19. The van der Waals surface area contributed by atoms with Crippen LogP contribution in [0.5, 0.6) is 0 Å². The van der Waals surface area contributed by atoms with Crippen LogP contribution in [0.3, 0.4) is 0 Å². The maximum absolute atomic E-state index is 9.01. The van der Waals surface area contributed by atoms with Crippen molar-refractivity contribution in [2.75, 3.05) is 13.1 Å². The first kappa shape index (κ1) is 6.05. The summed E-state index contributed by atoms with van der Waals surface area (Å²) in [5.41, 5.74) is 0. The summed E-state index contributed by atoms with van der Waals surface area (Å²) >= 11 is 0. The topological polar surface area (TPSA) is 32.3 Å². The molecule has 0 unspecified atom stereocenters. The van der Waals surface area contributed by atoms with Gasteiger partial charge < -0.3 is 10.4 Å². The number of nitrogens with one attached hydrogen (secondary N) is 1. The van der Waals surface area contributed by atoms with Crippen molar-refractivity contribution in [2.24, 2.45) is 5.92 Å². The molecule has 0 radical (unpaired) electrons. The van der Waals surface area contributed by atoms with Crippen LogP contribution in [0.25, 0.3) is 0 Å². The Morgan fingerprint density at radius 1 is 1.75 bits per heavy atom. The van der Waals surface area contributed by atoms with Gasteiger partial charge in [-0.05, 0) is 25.8 Å². The Morgan fingerprint density at radius 2 is 2.50 bits per heavy atom. The molecule has 0 bridgehead atoms. The van der Waals surface area contributed by atoms with Crippen LogP contribution in [0.1, 0.15) is 13.3 Å². The number of aliphatic hydroxyl groups is 1. The van der Waals surface area contributed by atoms with E-state index in [0.717, 1.165) is 19.5 Å². The first-order valence-electron chi connectivity index (χ1n) is 3.19. The molecule has 0 aromatic carbocycles. The van der Waals surface area contributed by atoms with Crippen molar-refractivity contribution < 1.29 is 5.11 Å². The van der Waals surface area contributed by atoms with Crippen LogP contribution < -0.4 is 5.32 Å². The van der Waals surface area contributed by atoms with Crippen LogP contribution in [0.2, 0.25) is 0 Å². The Morgan fingerprint density at radius 3 is 2.75 bits per heavy atom. The minimum atomic E-state index is -0.120. The minimum absolute atomic E-state index is 0.120. The van der Waals surface area contributed by atoms with Gasteiger partial charge >= 0.3 is 0 Å². The smallest absolute Gasteiger partial charge is 0.0552 e. The summed E-state index contributed by atoms with van der Waals surface area (Å²) in [6.07, 6.45) is 1.02.